The van der Waals surface area contributed by atoms with Crippen molar-refractivity contribution in [3.8, 4) is 39.1 Å². The molecule has 0 saturated carbocycles. The Balaban J connectivity index is 0.960. The van der Waals surface area contributed by atoms with Gasteiger partial charge in [0, 0.05) is 33.5 Å². The van der Waals surface area contributed by atoms with Gasteiger partial charge in [-0.05, 0) is 122 Å². The molecule has 0 fully saturated rings. The summed E-state index contributed by atoms with van der Waals surface area (Å²) in [5, 5.41) is 7.55. The van der Waals surface area contributed by atoms with E-state index in [9.17, 15) is 0 Å². The van der Waals surface area contributed by atoms with E-state index >= 15 is 0 Å². The quantitative estimate of drug-likeness (QED) is 0.158. The molecule has 11 aromatic rings. The first kappa shape index (κ1) is 33.6. The minimum atomic E-state index is 1.09. The molecule has 0 aliphatic rings. The van der Waals surface area contributed by atoms with E-state index in [0.29, 0.717) is 0 Å². The van der Waals surface area contributed by atoms with E-state index in [1.54, 1.807) is 0 Å². The van der Waals surface area contributed by atoms with Gasteiger partial charge in [-0.15, -0.1) is 0 Å². The molecule has 0 spiro atoms. The molecule has 272 valence electrons. The third-order valence-corrected chi connectivity index (χ3v) is 11.6. The van der Waals surface area contributed by atoms with Crippen molar-refractivity contribution in [3.05, 3.63) is 231 Å². The predicted molar refractivity (Wildman–Crippen MR) is 247 cm³/mol. The maximum absolute atomic E-state index is 2.37. The number of nitrogens with zero attached hydrogens (tertiary/aromatic N) is 2. The van der Waals surface area contributed by atoms with Crippen molar-refractivity contribution >= 4 is 60.4 Å². The molecule has 1 heterocycles. The molecule has 0 amide bonds. The van der Waals surface area contributed by atoms with Crippen molar-refractivity contribution in [1.82, 2.24) is 4.57 Å². The monoisotopic (exact) mass is 738 g/mol. The molecule has 0 bridgehead atoms. The average Bonchev–Trinajstić information content (AvgIpc) is 3.64. The van der Waals surface area contributed by atoms with Crippen LogP contribution in [0.5, 0.6) is 0 Å². The highest BCUT2D eigenvalue weighted by Gasteiger charge is 2.16. The Morgan fingerprint density at radius 2 is 0.707 bits per heavy atom. The Morgan fingerprint density at radius 1 is 0.276 bits per heavy atom. The summed E-state index contributed by atoms with van der Waals surface area (Å²) in [6.45, 7) is 0. The van der Waals surface area contributed by atoms with Gasteiger partial charge in [0.05, 0.1) is 11.0 Å². The maximum atomic E-state index is 2.37. The molecule has 0 N–H and O–H groups in total. The van der Waals surface area contributed by atoms with Crippen molar-refractivity contribution in [1.29, 1.82) is 0 Å². The Morgan fingerprint density at radius 3 is 1.33 bits per heavy atom. The van der Waals surface area contributed by atoms with Gasteiger partial charge in [0.25, 0.3) is 0 Å². The zero-order valence-electron chi connectivity index (χ0n) is 31.8. The minimum absolute atomic E-state index is 1.09. The summed E-state index contributed by atoms with van der Waals surface area (Å²) in [4.78, 5) is 2.36. The lowest BCUT2D eigenvalue weighted by atomic mass is 9.97. The van der Waals surface area contributed by atoms with E-state index < -0.39 is 0 Å². The standard InChI is InChI=1S/C56H38N2/c1-2-12-45-38-46(25-24-39(45)10-1)42-22-20-40(21-23-42)41-26-30-47(31-27-41)57(48-32-28-44(29-33-48)52-17-9-13-43-11-3-4-14-51(43)52)49-34-36-50(37-35-49)58-55-18-7-5-15-53(55)54-16-6-8-19-56(54)58/h1-38H. The molecule has 1 aromatic heterocycles. The van der Waals surface area contributed by atoms with Crippen LogP contribution in [0.2, 0.25) is 0 Å². The number of anilines is 3. The second kappa shape index (κ2) is 14.1. The number of fused-ring (bicyclic) bond motifs is 5. The van der Waals surface area contributed by atoms with Gasteiger partial charge in [-0.1, -0.05) is 164 Å². The second-order valence-corrected chi connectivity index (χ2v) is 15.0. The van der Waals surface area contributed by atoms with Crippen molar-refractivity contribution in [2.45, 2.75) is 0 Å². The maximum Gasteiger partial charge on any atom is 0.0541 e. The van der Waals surface area contributed by atoms with E-state index in [-0.39, 0.29) is 0 Å². The highest BCUT2D eigenvalue weighted by molar-refractivity contribution is 6.09. The normalized spacial score (nSPS) is 11.4. The topological polar surface area (TPSA) is 8.17 Å². The first-order valence-corrected chi connectivity index (χ1v) is 19.9. The van der Waals surface area contributed by atoms with Crippen molar-refractivity contribution in [2.24, 2.45) is 0 Å². The molecule has 11 rings (SSSR count). The van der Waals surface area contributed by atoms with E-state index in [0.717, 1.165) is 22.7 Å². The molecule has 10 aromatic carbocycles. The number of para-hydroxylation sites is 2. The largest absolute Gasteiger partial charge is 0.311 e. The van der Waals surface area contributed by atoms with Crippen LogP contribution in [0.15, 0.2) is 231 Å². The van der Waals surface area contributed by atoms with Gasteiger partial charge in [-0.2, -0.15) is 0 Å². The van der Waals surface area contributed by atoms with Crippen LogP contribution < -0.4 is 4.90 Å². The fourth-order valence-corrected chi connectivity index (χ4v) is 8.69. The van der Waals surface area contributed by atoms with Crippen molar-refractivity contribution in [2.75, 3.05) is 4.90 Å². The summed E-state index contributed by atoms with van der Waals surface area (Å²) in [5.41, 5.74) is 14.1. The molecule has 0 unspecified atom stereocenters. The highest BCUT2D eigenvalue weighted by Crippen LogP contribution is 2.39. The Labute approximate surface area is 338 Å². The second-order valence-electron chi connectivity index (χ2n) is 15.0. The van der Waals surface area contributed by atoms with Gasteiger partial charge in [0.1, 0.15) is 0 Å². The average molecular weight is 739 g/mol. The van der Waals surface area contributed by atoms with Gasteiger partial charge in [-0.25, -0.2) is 0 Å². The SMILES string of the molecule is c1ccc2cc(-c3ccc(-c4ccc(N(c5ccc(-c6cccc7ccccc67)cc5)c5ccc(-n6c7ccccc7c7ccccc76)cc5)cc4)cc3)ccc2c1. The van der Waals surface area contributed by atoms with Crippen LogP contribution in [-0.4, -0.2) is 4.57 Å². The van der Waals surface area contributed by atoms with Crippen LogP contribution >= 0.6 is 0 Å². The molecule has 58 heavy (non-hydrogen) atoms. The minimum Gasteiger partial charge on any atom is -0.311 e. The highest BCUT2D eigenvalue weighted by atomic mass is 15.1. The molecule has 0 atom stereocenters. The number of aromatic nitrogens is 1. The van der Waals surface area contributed by atoms with Gasteiger partial charge >= 0.3 is 0 Å². The zero-order valence-corrected chi connectivity index (χ0v) is 31.8. The lowest BCUT2D eigenvalue weighted by Gasteiger charge is -2.26. The van der Waals surface area contributed by atoms with Gasteiger partial charge in [0.15, 0.2) is 0 Å². The lowest BCUT2D eigenvalue weighted by Crippen LogP contribution is -2.10. The summed E-state index contributed by atoms with van der Waals surface area (Å²) < 4.78 is 2.37. The number of rotatable bonds is 7. The molecule has 0 aliphatic carbocycles. The fourth-order valence-electron chi connectivity index (χ4n) is 8.69. The number of benzene rings is 10. The van der Waals surface area contributed by atoms with Gasteiger partial charge < -0.3 is 9.47 Å². The first-order valence-electron chi connectivity index (χ1n) is 19.9. The Hall–Kier alpha value is -7.68. The molecular formula is C56H38N2. The third-order valence-electron chi connectivity index (χ3n) is 11.6. The first-order chi connectivity index (χ1) is 28.7. The van der Waals surface area contributed by atoms with Gasteiger partial charge in [-0.3, -0.25) is 0 Å². The van der Waals surface area contributed by atoms with Gasteiger partial charge in [0.2, 0.25) is 0 Å². The fraction of sp³-hybridized carbons (Fsp3) is 0. The molecular weight excluding hydrogens is 701 g/mol. The smallest absolute Gasteiger partial charge is 0.0541 e. The van der Waals surface area contributed by atoms with E-state index in [2.05, 4.69) is 240 Å². The van der Waals surface area contributed by atoms with Crippen LogP contribution in [0.25, 0.3) is 82.4 Å². The summed E-state index contributed by atoms with van der Waals surface area (Å²) in [6.07, 6.45) is 0. The molecule has 0 saturated heterocycles. The molecule has 0 radical (unpaired) electrons. The van der Waals surface area contributed by atoms with E-state index in [4.69, 9.17) is 0 Å². The van der Waals surface area contributed by atoms with Crippen molar-refractivity contribution in [3.63, 3.8) is 0 Å². The Kier molecular flexibility index (Phi) is 8.19. The zero-order chi connectivity index (χ0) is 38.4. The van der Waals surface area contributed by atoms with Crippen LogP contribution in [0.4, 0.5) is 17.1 Å². The summed E-state index contributed by atoms with van der Waals surface area (Å²) >= 11 is 0. The predicted octanol–water partition coefficient (Wildman–Crippen LogP) is 15.6. The Bertz CT molecular complexity index is 3190. The number of hydrogen-bond acceptors (Lipinski definition) is 1. The van der Waals surface area contributed by atoms with Crippen LogP contribution in [0, 0.1) is 0 Å². The molecule has 2 nitrogen and oxygen atoms in total. The third kappa shape index (κ3) is 5.91. The van der Waals surface area contributed by atoms with E-state index in [1.165, 1.54) is 76.7 Å². The summed E-state index contributed by atoms with van der Waals surface area (Å²) in [5.74, 6) is 0. The van der Waals surface area contributed by atoms with E-state index in [1.807, 2.05) is 0 Å². The van der Waals surface area contributed by atoms with Crippen LogP contribution in [0.1, 0.15) is 0 Å². The molecule has 0 aliphatic heterocycles. The van der Waals surface area contributed by atoms with Crippen molar-refractivity contribution < 1.29 is 0 Å². The molecule has 2 heteroatoms. The lowest BCUT2D eigenvalue weighted by molar-refractivity contribution is 1.17. The summed E-state index contributed by atoms with van der Waals surface area (Å²) in [6, 6.07) is 83.6. The summed E-state index contributed by atoms with van der Waals surface area (Å²) in [7, 11) is 0. The van der Waals surface area contributed by atoms with Crippen LogP contribution in [0.3, 0.4) is 0 Å². The van der Waals surface area contributed by atoms with Crippen LogP contribution in [-0.2, 0) is 0 Å². The number of hydrogen-bond donors (Lipinski definition) is 0.